The number of hydrogen-bond acceptors (Lipinski definition) is 2. The summed E-state index contributed by atoms with van der Waals surface area (Å²) in [5.41, 5.74) is 1.04. The molecule has 0 atom stereocenters. The number of nitrogens with zero attached hydrogens (tertiary/aromatic N) is 1. The first-order valence-electron chi connectivity index (χ1n) is 7.14. The first kappa shape index (κ1) is 13.6. The highest BCUT2D eigenvalue weighted by atomic mass is 32.2. The quantitative estimate of drug-likeness (QED) is 0.946. The van der Waals surface area contributed by atoms with Crippen LogP contribution in [-0.4, -0.2) is 19.0 Å². The van der Waals surface area contributed by atoms with Crippen molar-refractivity contribution in [3.8, 4) is 0 Å². The van der Waals surface area contributed by atoms with Crippen LogP contribution in [0.25, 0.3) is 10.9 Å². The Hall–Kier alpha value is -1.33. The van der Waals surface area contributed by atoms with E-state index in [9.17, 15) is 8.42 Å². The van der Waals surface area contributed by atoms with Crippen molar-refractivity contribution < 1.29 is 9.84 Å². The fraction of sp³-hybridized carbons (Fsp3) is 0.467. The van der Waals surface area contributed by atoms with Crippen molar-refractivity contribution in [3.63, 3.8) is 0 Å². The Morgan fingerprint density at radius 1 is 1.20 bits per heavy atom. The number of fused-ring (bicyclic) bond motifs is 1. The zero-order valence-corrected chi connectivity index (χ0v) is 12.5. The van der Waals surface area contributed by atoms with E-state index in [0.717, 1.165) is 36.6 Å². The molecule has 3 rings (SSSR count). The molecule has 2 aromatic rings. The highest BCUT2D eigenvalue weighted by molar-refractivity contribution is 7.89. The summed E-state index contributed by atoms with van der Waals surface area (Å²) in [4.78, 5) is 0.363. The molecule has 1 fully saturated rings. The predicted octanol–water partition coefficient (Wildman–Crippen LogP) is 3.04. The van der Waals surface area contributed by atoms with Gasteiger partial charge in [-0.3, -0.25) is 0 Å². The molecule has 110 valence electrons. The Morgan fingerprint density at radius 3 is 2.70 bits per heavy atom. The van der Waals surface area contributed by atoms with Crippen molar-refractivity contribution in [1.29, 1.82) is 0 Å². The Balaban J connectivity index is 0.00000161. The molecule has 0 bridgehead atoms. The molecule has 0 spiro atoms. The molecule has 4 nitrogen and oxygen atoms in total. The lowest BCUT2D eigenvalue weighted by Gasteiger charge is -2.22. The second kappa shape index (κ2) is 5.22. The molecule has 20 heavy (non-hydrogen) atoms. The fourth-order valence-corrected chi connectivity index (χ4v) is 4.27. The fourth-order valence-electron chi connectivity index (χ4n) is 2.93. The van der Waals surface area contributed by atoms with E-state index < -0.39 is 10.0 Å². The summed E-state index contributed by atoms with van der Waals surface area (Å²) in [7, 11) is -1.45. The molecule has 0 aliphatic heterocycles. The number of sulfonamides is 1. The van der Waals surface area contributed by atoms with Crippen LogP contribution in [0.15, 0.2) is 35.4 Å². The lowest BCUT2D eigenvalue weighted by atomic mass is 9.96. The van der Waals surface area contributed by atoms with Crippen molar-refractivity contribution in [2.45, 2.75) is 43.0 Å². The number of benzene rings is 1. The molecule has 0 amide bonds. The molecule has 1 heterocycles. The Morgan fingerprint density at radius 2 is 1.95 bits per heavy atom. The van der Waals surface area contributed by atoms with E-state index in [-0.39, 0.29) is 7.47 Å². The van der Waals surface area contributed by atoms with Gasteiger partial charge in [0, 0.05) is 31.6 Å². The third kappa shape index (κ3) is 2.60. The normalized spacial score (nSPS) is 17.6. The van der Waals surface area contributed by atoms with Crippen molar-refractivity contribution in [2.75, 3.05) is 0 Å². The summed E-state index contributed by atoms with van der Waals surface area (Å²) in [5.74, 6) is 0. The molecule has 1 saturated carbocycles. The van der Waals surface area contributed by atoms with Crippen LogP contribution in [0.4, 0.5) is 0 Å². The van der Waals surface area contributed by atoms with E-state index in [1.165, 1.54) is 6.42 Å². The zero-order valence-electron chi connectivity index (χ0n) is 11.7. The standard InChI is InChI=1S/C15H20N2O2S.H2/c1-17-10-9-12-11-14(7-8-15(12)17)20(18,19)16-13-5-3-2-4-6-13;/h7-11,13,16H,2-6H2,1H3;1H. The Labute approximate surface area is 121 Å². The van der Waals surface area contributed by atoms with Crippen LogP contribution in [0.1, 0.15) is 33.5 Å². The summed E-state index contributed by atoms with van der Waals surface area (Å²) in [6.45, 7) is 0. The highest BCUT2D eigenvalue weighted by Crippen LogP contribution is 2.22. The van der Waals surface area contributed by atoms with Crippen LogP contribution in [0.5, 0.6) is 0 Å². The van der Waals surface area contributed by atoms with Crippen LogP contribution in [-0.2, 0) is 17.1 Å². The number of nitrogens with one attached hydrogen (secondary N) is 1. The minimum Gasteiger partial charge on any atom is -0.351 e. The molecule has 1 aliphatic rings. The molecule has 1 N–H and O–H groups in total. The van der Waals surface area contributed by atoms with Gasteiger partial charge in [-0.05, 0) is 37.1 Å². The highest BCUT2D eigenvalue weighted by Gasteiger charge is 2.22. The van der Waals surface area contributed by atoms with Gasteiger partial charge in [0.05, 0.1) is 4.90 Å². The van der Waals surface area contributed by atoms with Gasteiger partial charge < -0.3 is 4.57 Å². The lowest BCUT2D eigenvalue weighted by Crippen LogP contribution is -2.36. The number of hydrogen-bond donors (Lipinski definition) is 1. The van der Waals surface area contributed by atoms with Crippen LogP contribution in [0, 0.1) is 0 Å². The number of rotatable bonds is 3. The van der Waals surface area contributed by atoms with E-state index in [4.69, 9.17) is 0 Å². The van der Waals surface area contributed by atoms with Crippen molar-refractivity contribution in [2.24, 2.45) is 7.05 Å². The summed E-state index contributed by atoms with van der Waals surface area (Å²) < 4.78 is 29.7. The molecule has 1 aromatic carbocycles. The van der Waals surface area contributed by atoms with Crippen molar-refractivity contribution in [3.05, 3.63) is 30.5 Å². The van der Waals surface area contributed by atoms with Crippen LogP contribution < -0.4 is 4.72 Å². The smallest absolute Gasteiger partial charge is 0.240 e. The van der Waals surface area contributed by atoms with Gasteiger partial charge in [-0.2, -0.15) is 0 Å². The second-order valence-corrected chi connectivity index (χ2v) is 7.32. The molecule has 1 aromatic heterocycles. The molecule has 0 saturated heterocycles. The minimum atomic E-state index is -3.40. The first-order valence-corrected chi connectivity index (χ1v) is 8.62. The van der Waals surface area contributed by atoms with Crippen LogP contribution in [0.3, 0.4) is 0 Å². The van der Waals surface area contributed by atoms with Gasteiger partial charge >= 0.3 is 0 Å². The molecule has 5 heteroatoms. The Kier molecular flexibility index (Phi) is 3.56. The van der Waals surface area contributed by atoms with E-state index in [2.05, 4.69) is 4.72 Å². The lowest BCUT2D eigenvalue weighted by molar-refractivity contribution is 0.412. The maximum atomic E-state index is 12.4. The average molecular weight is 294 g/mol. The largest absolute Gasteiger partial charge is 0.351 e. The van der Waals surface area contributed by atoms with Crippen LogP contribution >= 0.6 is 0 Å². The average Bonchev–Trinajstić information content (AvgIpc) is 2.81. The van der Waals surface area contributed by atoms with Crippen molar-refractivity contribution in [1.82, 2.24) is 9.29 Å². The Bertz CT molecular complexity index is 718. The number of aromatic nitrogens is 1. The summed E-state index contributed by atoms with van der Waals surface area (Å²) in [5, 5.41) is 0.957. The SMILES string of the molecule is Cn1ccc2cc(S(=O)(=O)NC3CCCCC3)ccc21.[HH]. The predicted molar refractivity (Wildman–Crippen MR) is 82.2 cm³/mol. The third-order valence-corrected chi connectivity index (χ3v) is 5.61. The van der Waals surface area contributed by atoms with Gasteiger partial charge in [-0.15, -0.1) is 0 Å². The maximum Gasteiger partial charge on any atom is 0.240 e. The van der Waals surface area contributed by atoms with Gasteiger partial charge in [0.1, 0.15) is 0 Å². The first-order chi connectivity index (χ1) is 9.56. The van der Waals surface area contributed by atoms with E-state index in [1.807, 2.05) is 29.9 Å². The van der Waals surface area contributed by atoms with Crippen molar-refractivity contribution >= 4 is 20.9 Å². The maximum absolute atomic E-state index is 12.4. The molecular formula is C15H22N2O2S. The summed E-state index contributed by atoms with van der Waals surface area (Å²) >= 11 is 0. The minimum absolute atomic E-state index is 0. The molecular weight excluding hydrogens is 272 g/mol. The summed E-state index contributed by atoms with van der Waals surface area (Å²) in [6, 6.07) is 7.34. The summed E-state index contributed by atoms with van der Waals surface area (Å²) in [6.07, 6.45) is 7.29. The second-order valence-electron chi connectivity index (χ2n) is 5.60. The van der Waals surface area contributed by atoms with E-state index in [0.29, 0.717) is 4.90 Å². The number of aryl methyl sites for hydroxylation is 1. The third-order valence-electron chi connectivity index (χ3n) is 4.09. The van der Waals surface area contributed by atoms with Gasteiger partial charge in [0.25, 0.3) is 0 Å². The monoisotopic (exact) mass is 294 g/mol. The van der Waals surface area contributed by atoms with Gasteiger partial charge in [0.15, 0.2) is 0 Å². The molecule has 0 radical (unpaired) electrons. The van der Waals surface area contributed by atoms with Gasteiger partial charge in [-0.25, -0.2) is 13.1 Å². The molecule has 1 aliphatic carbocycles. The molecule has 0 unspecified atom stereocenters. The topological polar surface area (TPSA) is 51.1 Å². The zero-order chi connectivity index (χ0) is 14.2. The van der Waals surface area contributed by atoms with E-state index in [1.54, 1.807) is 12.1 Å². The van der Waals surface area contributed by atoms with E-state index >= 15 is 0 Å². The van der Waals surface area contributed by atoms with Gasteiger partial charge in [-0.1, -0.05) is 19.3 Å². The van der Waals surface area contributed by atoms with Gasteiger partial charge in [0.2, 0.25) is 10.0 Å². The van der Waals surface area contributed by atoms with Crippen LogP contribution in [0.2, 0.25) is 0 Å².